The molecular formula is C21H20FNO3. The van der Waals surface area contributed by atoms with E-state index >= 15 is 0 Å². The molecule has 1 aliphatic heterocycles. The molecule has 1 aliphatic rings. The van der Waals surface area contributed by atoms with Crippen molar-refractivity contribution in [1.82, 2.24) is 5.32 Å². The van der Waals surface area contributed by atoms with Gasteiger partial charge in [0.25, 0.3) is 0 Å². The van der Waals surface area contributed by atoms with E-state index in [2.05, 4.69) is 5.32 Å². The third-order valence-corrected chi connectivity index (χ3v) is 4.37. The van der Waals surface area contributed by atoms with E-state index in [0.29, 0.717) is 23.1 Å². The maximum absolute atomic E-state index is 13.2. The summed E-state index contributed by atoms with van der Waals surface area (Å²) in [5, 5.41) is 2.80. The lowest BCUT2D eigenvalue weighted by Gasteiger charge is -2.27. The fraction of sp³-hybridized carbons (Fsp3) is 0.238. The molecule has 0 aromatic heterocycles. The van der Waals surface area contributed by atoms with Gasteiger partial charge in [-0.25, -0.2) is 9.18 Å². The normalized spacial score (nSPS) is 17.0. The Morgan fingerprint density at radius 2 is 1.85 bits per heavy atom. The number of halogens is 1. The highest BCUT2D eigenvalue weighted by Crippen LogP contribution is 2.30. The number of amides is 1. The number of esters is 1. The van der Waals surface area contributed by atoms with E-state index in [1.165, 1.54) is 12.1 Å². The van der Waals surface area contributed by atoms with Gasteiger partial charge in [-0.2, -0.15) is 0 Å². The topological polar surface area (TPSA) is 55.4 Å². The van der Waals surface area contributed by atoms with Gasteiger partial charge in [-0.3, -0.25) is 4.79 Å². The molecule has 4 nitrogen and oxygen atoms in total. The first-order valence-corrected chi connectivity index (χ1v) is 8.50. The average molecular weight is 353 g/mol. The Bertz CT molecular complexity index is 828. The summed E-state index contributed by atoms with van der Waals surface area (Å²) in [6.45, 7) is 2.01. The van der Waals surface area contributed by atoms with E-state index < -0.39 is 12.0 Å². The van der Waals surface area contributed by atoms with Crippen LogP contribution in [0.15, 0.2) is 65.7 Å². The largest absolute Gasteiger partial charge is 0.462 e. The standard InChI is InChI=1S/C21H20FNO3/c1-14-13-18(24)23-20(16-7-9-17(22)10-8-16)19(14)21(25)26-12-11-15-5-3-2-4-6-15/h2-10,20H,11-13H2,1H3,(H,23,24). The van der Waals surface area contributed by atoms with Crippen molar-refractivity contribution >= 4 is 11.9 Å². The van der Waals surface area contributed by atoms with Gasteiger partial charge in [0.15, 0.2) is 0 Å². The molecular weight excluding hydrogens is 333 g/mol. The lowest BCUT2D eigenvalue weighted by atomic mass is 9.90. The van der Waals surface area contributed by atoms with Crippen LogP contribution in [0.4, 0.5) is 4.39 Å². The van der Waals surface area contributed by atoms with Crippen molar-refractivity contribution < 1.29 is 18.7 Å². The molecule has 0 radical (unpaired) electrons. The maximum atomic E-state index is 13.2. The van der Waals surface area contributed by atoms with E-state index in [9.17, 15) is 14.0 Å². The van der Waals surface area contributed by atoms with E-state index in [0.717, 1.165) is 5.56 Å². The van der Waals surface area contributed by atoms with Crippen LogP contribution in [0.3, 0.4) is 0 Å². The summed E-state index contributed by atoms with van der Waals surface area (Å²) in [5.41, 5.74) is 2.82. The van der Waals surface area contributed by atoms with Crippen molar-refractivity contribution in [2.75, 3.05) is 6.61 Å². The summed E-state index contributed by atoms with van der Waals surface area (Å²) in [4.78, 5) is 24.6. The van der Waals surface area contributed by atoms with Gasteiger partial charge in [-0.05, 0) is 30.2 Å². The van der Waals surface area contributed by atoms with E-state index in [1.54, 1.807) is 19.1 Å². The average Bonchev–Trinajstić information content (AvgIpc) is 2.62. The summed E-state index contributed by atoms with van der Waals surface area (Å²) in [6.07, 6.45) is 0.771. The van der Waals surface area contributed by atoms with Gasteiger partial charge >= 0.3 is 5.97 Å². The highest BCUT2D eigenvalue weighted by atomic mass is 19.1. The number of carbonyl (C=O) groups is 2. The molecule has 2 aromatic carbocycles. The van der Waals surface area contributed by atoms with Crippen LogP contribution in [-0.2, 0) is 20.7 Å². The Morgan fingerprint density at radius 3 is 2.54 bits per heavy atom. The molecule has 3 rings (SSSR count). The fourth-order valence-corrected chi connectivity index (χ4v) is 3.05. The number of benzene rings is 2. The lowest BCUT2D eigenvalue weighted by molar-refractivity contribution is -0.139. The van der Waals surface area contributed by atoms with Crippen LogP contribution < -0.4 is 5.32 Å². The zero-order valence-electron chi connectivity index (χ0n) is 14.5. The molecule has 1 amide bonds. The number of rotatable bonds is 5. The quantitative estimate of drug-likeness (QED) is 0.837. The van der Waals surface area contributed by atoms with Gasteiger partial charge in [0.05, 0.1) is 18.2 Å². The van der Waals surface area contributed by atoms with Crippen LogP contribution in [-0.4, -0.2) is 18.5 Å². The summed E-state index contributed by atoms with van der Waals surface area (Å²) >= 11 is 0. The molecule has 0 saturated heterocycles. The summed E-state index contributed by atoms with van der Waals surface area (Å²) in [5.74, 6) is -0.992. The van der Waals surface area contributed by atoms with Crippen LogP contribution in [0.2, 0.25) is 0 Å². The molecule has 1 N–H and O–H groups in total. The number of ether oxygens (including phenoxy) is 1. The predicted molar refractivity (Wildman–Crippen MR) is 95.7 cm³/mol. The zero-order chi connectivity index (χ0) is 18.5. The molecule has 0 bridgehead atoms. The van der Waals surface area contributed by atoms with Crippen molar-refractivity contribution in [3.8, 4) is 0 Å². The van der Waals surface area contributed by atoms with Gasteiger partial charge in [0.1, 0.15) is 5.82 Å². The predicted octanol–water partition coefficient (Wildman–Crippen LogP) is 3.49. The number of nitrogens with one attached hydrogen (secondary N) is 1. The second kappa shape index (κ2) is 7.95. The molecule has 0 aliphatic carbocycles. The van der Waals surface area contributed by atoms with Crippen LogP contribution in [0, 0.1) is 5.82 Å². The first-order valence-electron chi connectivity index (χ1n) is 8.50. The molecule has 26 heavy (non-hydrogen) atoms. The Balaban J connectivity index is 1.75. The molecule has 0 saturated carbocycles. The van der Waals surface area contributed by atoms with Gasteiger partial charge < -0.3 is 10.1 Å². The Morgan fingerprint density at radius 1 is 1.15 bits per heavy atom. The van der Waals surface area contributed by atoms with Crippen molar-refractivity contribution in [1.29, 1.82) is 0 Å². The molecule has 134 valence electrons. The summed E-state index contributed by atoms with van der Waals surface area (Å²) in [6, 6.07) is 14.9. The summed E-state index contributed by atoms with van der Waals surface area (Å²) in [7, 11) is 0. The lowest BCUT2D eigenvalue weighted by Crippen LogP contribution is -2.37. The fourth-order valence-electron chi connectivity index (χ4n) is 3.05. The number of carbonyl (C=O) groups excluding carboxylic acids is 2. The zero-order valence-corrected chi connectivity index (χ0v) is 14.5. The van der Waals surface area contributed by atoms with Gasteiger partial charge in [0.2, 0.25) is 5.91 Å². The highest BCUT2D eigenvalue weighted by molar-refractivity contribution is 5.95. The van der Waals surface area contributed by atoms with Crippen LogP contribution in [0.1, 0.15) is 30.5 Å². The van der Waals surface area contributed by atoms with Gasteiger partial charge in [-0.1, -0.05) is 48.0 Å². The highest BCUT2D eigenvalue weighted by Gasteiger charge is 2.32. The maximum Gasteiger partial charge on any atom is 0.336 e. The monoisotopic (exact) mass is 353 g/mol. The number of hydrogen-bond acceptors (Lipinski definition) is 3. The minimum atomic E-state index is -0.624. The molecule has 1 atom stereocenters. The van der Waals surface area contributed by atoms with Crippen molar-refractivity contribution in [2.45, 2.75) is 25.8 Å². The molecule has 0 spiro atoms. The Labute approximate surface area is 151 Å². The minimum Gasteiger partial charge on any atom is -0.462 e. The smallest absolute Gasteiger partial charge is 0.336 e. The molecule has 0 fully saturated rings. The van der Waals surface area contributed by atoms with Crippen LogP contribution in [0.5, 0.6) is 0 Å². The van der Waals surface area contributed by atoms with E-state index in [4.69, 9.17) is 4.74 Å². The van der Waals surface area contributed by atoms with Crippen molar-refractivity contribution in [2.24, 2.45) is 0 Å². The molecule has 5 heteroatoms. The van der Waals surface area contributed by atoms with Crippen molar-refractivity contribution in [3.05, 3.63) is 82.7 Å². The molecule has 1 heterocycles. The minimum absolute atomic E-state index is 0.154. The van der Waals surface area contributed by atoms with E-state index in [-0.39, 0.29) is 24.8 Å². The Kier molecular flexibility index (Phi) is 5.46. The second-order valence-electron chi connectivity index (χ2n) is 6.29. The third-order valence-electron chi connectivity index (χ3n) is 4.37. The Hall–Kier alpha value is -2.95. The molecule has 2 aromatic rings. The second-order valence-corrected chi connectivity index (χ2v) is 6.29. The van der Waals surface area contributed by atoms with Gasteiger partial charge in [-0.15, -0.1) is 0 Å². The molecule has 1 unspecified atom stereocenters. The first kappa shape index (κ1) is 17.9. The third kappa shape index (κ3) is 4.17. The van der Waals surface area contributed by atoms with Crippen LogP contribution in [0.25, 0.3) is 0 Å². The van der Waals surface area contributed by atoms with E-state index in [1.807, 2.05) is 30.3 Å². The van der Waals surface area contributed by atoms with Gasteiger partial charge in [0, 0.05) is 12.8 Å². The number of hydrogen-bond donors (Lipinski definition) is 1. The van der Waals surface area contributed by atoms with Crippen molar-refractivity contribution in [3.63, 3.8) is 0 Å². The van der Waals surface area contributed by atoms with Crippen LogP contribution >= 0.6 is 0 Å². The first-order chi connectivity index (χ1) is 12.5. The summed E-state index contributed by atoms with van der Waals surface area (Å²) < 4.78 is 18.6. The SMILES string of the molecule is CC1=C(C(=O)OCCc2ccccc2)C(c2ccc(F)cc2)NC(=O)C1.